The van der Waals surface area contributed by atoms with E-state index >= 15 is 0 Å². The van der Waals surface area contributed by atoms with Crippen molar-refractivity contribution < 1.29 is 4.79 Å². The van der Waals surface area contributed by atoms with E-state index in [1.54, 1.807) is 0 Å². The average molecular weight is 265 g/mol. The fourth-order valence-corrected chi connectivity index (χ4v) is 2.36. The molecule has 1 aliphatic heterocycles. The second-order valence-electron chi connectivity index (χ2n) is 5.30. The van der Waals surface area contributed by atoms with Crippen molar-refractivity contribution in [2.75, 3.05) is 13.1 Å². The SMILES string of the molecule is CCc1nc(C(=O)N(CC2CCCN2)C(C)C)n[nH]1. The molecule has 2 heterocycles. The Bertz CT molecular complexity index is 422. The van der Waals surface area contributed by atoms with Gasteiger partial charge in [-0.3, -0.25) is 9.89 Å². The van der Waals surface area contributed by atoms with Crippen LogP contribution < -0.4 is 5.32 Å². The lowest BCUT2D eigenvalue weighted by Crippen LogP contribution is -2.45. The maximum absolute atomic E-state index is 12.5. The largest absolute Gasteiger partial charge is 0.332 e. The highest BCUT2D eigenvalue weighted by molar-refractivity contribution is 5.90. The molecule has 0 aromatic carbocycles. The first-order valence-electron chi connectivity index (χ1n) is 7.07. The fourth-order valence-electron chi connectivity index (χ4n) is 2.36. The molecule has 1 aromatic heterocycles. The summed E-state index contributed by atoms with van der Waals surface area (Å²) in [6.07, 6.45) is 3.07. The van der Waals surface area contributed by atoms with E-state index in [0.29, 0.717) is 6.04 Å². The molecule has 1 fully saturated rings. The van der Waals surface area contributed by atoms with Crippen LogP contribution >= 0.6 is 0 Å². The van der Waals surface area contributed by atoms with Gasteiger partial charge in [-0.25, -0.2) is 4.98 Å². The molecule has 1 atom stereocenters. The summed E-state index contributed by atoms with van der Waals surface area (Å²) in [5.41, 5.74) is 0. The van der Waals surface area contributed by atoms with Crippen molar-refractivity contribution in [1.29, 1.82) is 0 Å². The number of nitrogens with one attached hydrogen (secondary N) is 2. The Morgan fingerprint density at radius 1 is 1.53 bits per heavy atom. The highest BCUT2D eigenvalue weighted by Crippen LogP contribution is 2.11. The van der Waals surface area contributed by atoms with Crippen molar-refractivity contribution in [3.05, 3.63) is 11.6 Å². The van der Waals surface area contributed by atoms with Crippen LogP contribution in [0, 0.1) is 0 Å². The lowest BCUT2D eigenvalue weighted by atomic mass is 10.2. The van der Waals surface area contributed by atoms with E-state index in [1.165, 1.54) is 6.42 Å². The second-order valence-corrected chi connectivity index (χ2v) is 5.30. The zero-order chi connectivity index (χ0) is 13.8. The molecule has 1 amide bonds. The van der Waals surface area contributed by atoms with Crippen LogP contribution in [0.25, 0.3) is 0 Å². The van der Waals surface area contributed by atoms with E-state index in [2.05, 4.69) is 20.5 Å². The van der Waals surface area contributed by atoms with Crippen LogP contribution in [0.15, 0.2) is 0 Å². The molecule has 0 spiro atoms. The molecular weight excluding hydrogens is 242 g/mol. The number of aromatic amines is 1. The first kappa shape index (κ1) is 14.0. The van der Waals surface area contributed by atoms with E-state index in [4.69, 9.17) is 0 Å². The highest BCUT2D eigenvalue weighted by Gasteiger charge is 2.26. The standard InChI is InChI=1S/C13H23N5O/c1-4-11-15-12(17-16-11)13(19)18(9(2)3)8-10-6-5-7-14-10/h9-10,14H,4-8H2,1-3H3,(H,15,16,17). The van der Waals surface area contributed by atoms with Crippen molar-refractivity contribution in [2.24, 2.45) is 0 Å². The summed E-state index contributed by atoms with van der Waals surface area (Å²) in [5.74, 6) is 0.953. The third-order valence-electron chi connectivity index (χ3n) is 3.52. The molecule has 1 aromatic rings. The lowest BCUT2D eigenvalue weighted by Gasteiger charge is -2.28. The van der Waals surface area contributed by atoms with E-state index in [9.17, 15) is 4.79 Å². The molecular formula is C13H23N5O. The minimum atomic E-state index is -0.0837. The summed E-state index contributed by atoms with van der Waals surface area (Å²) in [7, 11) is 0. The first-order valence-corrected chi connectivity index (χ1v) is 7.07. The third kappa shape index (κ3) is 3.32. The summed E-state index contributed by atoms with van der Waals surface area (Å²) < 4.78 is 0. The van der Waals surface area contributed by atoms with Gasteiger partial charge in [-0.15, -0.1) is 5.10 Å². The second kappa shape index (κ2) is 6.14. The zero-order valence-electron chi connectivity index (χ0n) is 11.9. The van der Waals surface area contributed by atoms with Gasteiger partial charge in [0.05, 0.1) is 0 Å². The van der Waals surface area contributed by atoms with Crippen molar-refractivity contribution in [1.82, 2.24) is 25.4 Å². The molecule has 106 valence electrons. The Morgan fingerprint density at radius 2 is 2.32 bits per heavy atom. The Balaban J connectivity index is 2.06. The van der Waals surface area contributed by atoms with Crippen LogP contribution in [-0.2, 0) is 6.42 Å². The van der Waals surface area contributed by atoms with Crippen molar-refractivity contribution in [3.63, 3.8) is 0 Å². The number of nitrogens with zero attached hydrogens (tertiary/aromatic N) is 3. The maximum atomic E-state index is 12.5. The molecule has 0 bridgehead atoms. The molecule has 6 heteroatoms. The Kier molecular flexibility index (Phi) is 4.52. The average Bonchev–Trinajstić information content (AvgIpc) is 3.05. The van der Waals surface area contributed by atoms with Crippen LogP contribution in [0.2, 0.25) is 0 Å². The van der Waals surface area contributed by atoms with E-state index < -0.39 is 0 Å². The smallest absolute Gasteiger partial charge is 0.293 e. The number of rotatable bonds is 5. The summed E-state index contributed by atoms with van der Waals surface area (Å²) >= 11 is 0. The lowest BCUT2D eigenvalue weighted by molar-refractivity contribution is 0.0677. The van der Waals surface area contributed by atoms with E-state index in [1.807, 2.05) is 25.7 Å². The quantitative estimate of drug-likeness (QED) is 0.832. The van der Waals surface area contributed by atoms with Crippen LogP contribution in [0.4, 0.5) is 0 Å². The van der Waals surface area contributed by atoms with E-state index in [0.717, 1.165) is 31.8 Å². The Hall–Kier alpha value is -1.43. The predicted octanol–water partition coefficient (Wildman–Crippen LogP) is 0.970. The van der Waals surface area contributed by atoms with Crippen molar-refractivity contribution in [3.8, 4) is 0 Å². The maximum Gasteiger partial charge on any atom is 0.293 e. The summed E-state index contributed by atoms with van der Waals surface area (Å²) in [6.45, 7) is 7.82. The van der Waals surface area contributed by atoms with Gasteiger partial charge in [0.2, 0.25) is 5.82 Å². The Morgan fingerprint density at radius 3 is 2.84 bits per heavy atom. The molecule has 19 heavy (non-hydrogen) atoms. The number of carbonyl (C=O) groups is 1. The molecule has 1 aliphatic rings. The van der Waals surface area contributed by atoms with Gasteiger partial charge in [0.15, 0.2) is 0 Å². The molecule has 2 rings (SSSR count). The minimum Gasteiger partial charge on any atom is -0.332 e. The van der Waals surface area contributed by atoms with Crippen molar-refractivity contribution in [2.45, 2.75) is 52.1 Å². The van der Waals surface area contributed by atoms with Gasteiger partial charge >= 0.3 is 0 Å². The van der Waals surface area contributed by atoms with Gasteiger partial charge in [0, 0.05) is 25.0 Å². The number of aryl methyl sites for hydroxylation is 1. The molecule has 2 N–H and O–H groups in total. The minimum absolute atomic E-state index is 0.0837. The Labute approximate surface area is 114 Å². The fraction of sp³-hybridized carbons (Fsp3) is 0.769. The zero-order valence-corrected chi connectivity index (χ0v) is 11.9. The number of amides is 1. The molecule has 1 unspecified atom stereocenters. The summed E-state index contributed by atoms with van der Waals surface area (Å²) in [4.78, 5) is 18.5. The number of H-pyrrole nitrogens is 1. The van der Waals surface area contributed by atoms with Crippen molar-refractivity contribution >= 4 is 5.91 Å². The number of hydrogen-bond acceptors (Lipinski definition) is 4. The summed E-state index contributed by atoms with van der Waals surface area (Å²) in [5, 5.41) is 10.2. The van der Waals surface area contributed by atoms with Gasteiger partial charge in [0.25, 0.3) is 5.91 Å². The summed E-state index contributed by atoms with van der Waals surface area (Å²) in [6, 6.07) is 0.550. The molecule has 0 radical (unpaired) electrons. The monoisotopic (exact) mass is 265 g/mol. The predicted molar refractivity (Wildman–Crippen MR) is 73.0 cm³/mol. The van der Waals surface area contributed by atoms with Gasteiger partial charge in [-0.05, 0) is 33.2 Å². The number of aromatic nitrogens is 3. The number of carbonyl (C=O) groups excluding carboxylic acids is 1. The van der Waals surface area contributed by atoms with Gasteiger partial charge in [-0.2, -0.15) is 0 Å². The van der Waals surface area contributed by atoms with Gasteiger partial charge in [0.1, 0.15) is 5.82 Å². The molecule has 0 aliphatic carbocycles. The number of hydrogen-bond donors (Lipinski definition) is 2. The van der Waals surface area contributed by atoms with Crippen LogP contribution in [0.5, 0.6) is 0 Å². The van der Waals surface area contributed by atoms with Crippen LogP contribution in [0.3, 0.4) is 0 Å². The van der Waals surface area contributed by atoms with Gasteiger partial charge < -0.3 is 10.2 Å². The molecule has 0 saturated carbocycles. The topological polar surface area (TPSA) is 73.9 Å². The normalized spacial score (nSPS) is 19.1. The van der Waals surface area contributed by atoms with Crippen LogP contribution in [-0.4, -0.2) is 51.2 Å². The van der Waals surface area contributed by atoms with E-state index in [-0.39, 0.29) is 17.8 Å². The molecule has 1 saturated heterocycles. The molecule has 6 nitrogen and oxygen atoms in total. The highest BCUT2D eigenvalue weighted by atomic mass is 16.2. The first-order chi connectivity index (χ1) is 9.11. The van der Waals surface area contributed by atoms with Crippen LogP contribution in [0.1, 0.15) is 50.1 Å². The van der Waals surface area contributed by atoms with Gasteiger partial charge in [-0.1, -0.05) is 6.92 Å². The third-order valence-corrected chi connectivity index (χ3v) is 3.52.